The number of rotatable bonds is 7. The van der Waals surface area contributed by atoms with E-state index in [0.717, 1.165) is 0 Å². The van der Waals surface area contributed by atoms with Gasteiger partial charge in [0.1, 0.15) is 6.61 Å². The van der Waals surface area contributed by atoms with Gasteiger partial charge in [0.2, 0.25) is 0 Å². The molecule has 0 aromatic heterocycles. The predicted octanol–water partition coefficient (Wildman–Crippen LogP) is 3.45. The smallest absolute Gasteiger partial charge is 0.333 e. The van der Waals surface area contributed by atoms with Gasteiger partial charge in [-0.25, -0.2) is 4.79 Å². The van der Waals surface area contributed by atoms with E-state index in [1.54, 1.807) is 25.1 Å². The number of benzene rings is 2. The molecule has 0 aliphatic heterocycles. The average Bonchev–Trinajstić information content (AvgIpc) is 2.59. The molecule has 0 atom stereocenters. The number of ketones is 1. The molecule has 0 saturated heterocycles. The first-order valence-corrected chi connectivity index (χ1v) is 7.35. The van der Waals surface area contributed by atoms with Crippen molar-refractivity contribution in [2.24, 2.45) is 0 Å². The van der Waals surface area contributed by atoms with Crippen molar-refractivity contribution in [2.75, 3.05) is 18.5 Å². The van der Waals surface area contributed by atoms with Crippen LogP contribution in [0.4, 0.5) is 5.69 Å². The van der Waals surface area contributed by atoms with Crippen molar-refractivity contribution in [1.29, 1.82) is 0 Å². The SMILES string of the molecule is C=C(C)C(=O)OCCNc1ccccc1C(=O)c1ccccc1. The fourth-order valence-electron chi connectivity index (χ4n) is 2.03. The molecule has 0 radical (unpaired) electrons. The van der Waals surface area contributed by atoms with Crippen molar-refractivity contribution in [1.82, 2.24) is 0 Å². The largest absolute Gasteiger partial charge is 0.460 e. The number of hydrogen-bond donors (Lipinski definition) is 1. The molecular formula is C19H19NO3. The highest BCUT2D eigenvalue weighted by Crippen LogP contribution is 2.19. The average molecular weight is 309 g/mol. The van der Waals surface area contributed by atoms with Gasteiger partial charge in [0.25, 0.3) is 0 Å². The third-order valence-electron chi connectivity index (χ3n) is 3.21. The lowest BCUT2D eigenvalue weighted by Crippen LogP contribution is -2.15. The number of nitrogens with one attached hydrogen (secondary N) is 1. The zero-order valence-electron chi connectivity index (χ0n) is 13.0. The van der Waals surface area contributed by atoms with E-state index in [1.807, 2.05) is 36.4 Å². The van der Waals surface area contributed by atoms with Crippen LogP contribution in [0.5, 0.6) is 0 Å². The van der Waals surface area contributed by atoms with Crippen LogP contribution in [-0.2, 0) is 9.53 Å². The van der Waals surface area contributed by atoms with Crippen LogP contribution in [0.3, 0.4) is 0 Å². The van der Waals surface area contributed by atoms with Gasteiger partial charge in [-0.1, -0.05) is 49.0 Å². The quantitative estimate of drug-likeness (QED) is 0.368. The van der Waals surface area contributed by atoms with Gasteiger partial charge in [-0.15, -0.1) is 0 Å². The molecule has 2 aromatic rings. The fourth-order valence-corrected chi connectivity index (χ4v) is 2.03. The molecule has 1 N–H and O–H groups in total. The Hall–Kier alpha value is -2.88. The molecule has 0 aliphatic carbocycles. The summed E-state index contributed by atoms with van der Waals surface area (Å²) in [5.41, 5.74) is 2.30. The van der Waals surface area contributed by atoms with Crippen molar-refractivity contribution in [3.05, 3.63) is 77.9 Å². The molecule has 2 rings (SSSR count). The Morgan fingerprint density at radius 3 is 2.39 bits per heavy atom. The number of ether oxygens (including phenoxy) is 1. The maximum Gasteiger partial charge on any atom is 0.333 e. The van der Waals surface area contributed by atoms with Crippen LogP contribution in [0.15, 0.2) is 66.7 Å². The summed E-state index contributed by atoms with van der Waals surface area (Å²) in [6.07, 6.45) is 0. The highest BCUT2D eigenvalue weighted by atomic mass is 16.5. The Morgan fingerprint density at radius 2 is 1.70 bits per heavy atom. The monoisotopic (exact) mass is 309 g/mol. The Labute approximate surface area is 135 Å². The van der Waals surface area contributed by atoms with E-state index in [1.165, 1.54) is 0 Å². The first-order chi connectivity index (χ1) is 11.1. The number of carbonyl (C=O) groups excluding carboxylic acids is 2. The Bertz CT molecular complexity index is 708. The molecule has 0 aliphatic rings. The summed E-state index contributed by atoms with van der Waals surface area (Å²) in [5.74, 6) is -0.465. The van der Waals surface area contributed by atoms with Crippen molar-refractivity contribution >= 4 is 17.4 Å². The standard InChI is InChI=1S/C19H19NO3/c1-14(2)19(22)23-13-12-20-17-11-7-6-10-16(17)18(21)15-8-4-3-5-9-15/h3-11,20H,1,12-13H2,2H3. The highest BCUT2D eigenvalue weighted by Gasteiger charge is 2.12. The number of esters is 1. The third-order valence-corrected chi connectivity index (χ3v) is 3.21. The summed E-state index contributed by atoms with van der Waals surface area (Å²) in [6.45, 7) is 5.75. The third kappa shape index (κ3) is 4.54. The summed E-state index contributed by atoms with van der Waals surface area (Å²) in [7, 11) is 0. The van der Waals surface area contributed by atoms with Crippen LogP contribution in [0.1, 0.15) is 22.8 Å². The number of hydrogen-bond acceptors (Lipinski definition) is 4. The highest BCUT2D eigenvalue weighted by molar-refractivity contribution is 6.12. The molecular weight excluding hydrogens is 290 g/mol. The van der Waals surface area contributed by atoms with Crippen LogP contribution >= 0.6 is 0 Å². The van der Waals surface area contributed by atoms with E-state index < -0.39 is 5.97 Å². The van der Waals surface area contributed by atoms with Gasteiger partial charge in [0.05, 0.1) is 0 Å². The van der Waals surface area contributed by atoms with E-state index in [2.05, 4.69) is 11.9 Å². The van der Waals surface area contributed by atoms with Gasteiger partial charge in [-0.05, 0) is 19.1 Å². The molecule has 23 heavy (non-hydrogen) atoms. The van der Waals surface area contributed by atoms with Crippen molar-refractivity contribution in [2.45, 2.75) is 6.92 Å². The van der Waals surface area contributed by atoms with Crippen LogP contribution in [0, 0.1) is 0 Å². The summed E-state index contributed by atoms with van der Waals surface area (Å²) in [4.78, 5) is 23.9. The lowest BCUT2D eigenvalue weighted by atomic mass is 10.0. The minimum Gasteiger partial charge on any atom is -0.460 e. The molecule has 4 nitrogen and oxygen atoms in total. The van der Waals surface area contributed by atoms with Gasteiger partial charge in [0.15, 0.2) is 5.78 Å². The molecule has 0 saturated carbocycles. The topological polar surface area (TPSA) is 55.4 Å². The second kappa shape index (κ2) is 7.94. The van der Waals surface area contributed by atoms with Gasteiger partial charge >= 0.3 is 5.97 Å². The second-order valence-electron chi connectivity index (χ2n) is 5.08. The van der Waals surface area contributed by atoms with Crippen LogP contribution in [0.25, 0.3) is 0 Å². The Morgan fingerprint density at radius 1 is 1.04 bits per heavy atom. The van der Waals surface area contributed by atoms with E-state index >= 15 is 0 Å². The number of carbonyl (C=O) groups is 2. The molecule has 4 heteroatoms. The predicted molar refractivity (Wildman–Crippen MR) is 90.6 cm³/mol. The van der Waals surface area contributed by atoms with Crippen molar-refractivity contribution in [3.8, 4) is 0 Å². The Balaban J connectivity index is 2.02. The van der Waals surface area contributed by atoms with E-state index in [9.17, 15) is 9.59 Å². The maximum absolute atomic E-state index is 12.6. The van der Waals surface area contributed by atoms with Crippen LogP contribution in [-0.4, -0.2) is 24.9 Å². The normalized spacial score (nSPS) is 9.96. The molecule has 0 heterocycles. The Kier molecular flexibility index (Phi) is 5.69. The number of anilines is 1. The molecule has 2 aromatic carbocycles. The fraction of sp³-hybridized carbons (Fsp3) is 0.158. The molecule has 0 unspecified atom stereocenters. The molecule has 118 valence electrons. The summed E-state index contributed by atoms with van der Waals surface area (Å²) < 4.78 is 5.02. The summed E-state index contributed by atoms with van der Waals surface area (Å²) in [6, 6.07) is 16.4. The molecule has 0 bridgehead atoms. The molecule has 0 fully saturated rings. The zero-order valence-corrected chi connectivity index (χ0v) is 13.0. The van der Waals surface area contributed by atoms with Gasteiger partial charge in [-0.2, -0.15) is 0 Å². The number of para-hydroxylation sites is 1. The van der Waals surface area contributed by atoms with E-state index in [-0.39, 0.29) is 12.4 Å². The summed E-state index contributed by atoms with van der Waals surface area (Å²) >= 11 is 0. The van der Waals surface area contributed by atoms with Crippen molar-refractivity contribution in [3.63, 3.8) is 0 Å². The first kappa shape index (κ1) is 16.5. The van der Waals surface area contributed by atoms with E-state index in [0.29, 0.717) is 28.9 Å². The molecule has 0 spiro atoms. The van der Waals surface area contributed by atoms with E-state index in [4.69, 9.17) is 4.74 Å². The van der Waals surface area contributed by atoms with Gasteiger partial charge < -0.3 is 10.1 Å². The lowest BCUT2D eigenvalue weighted by Gasteiger charge is -2.11. The minimum absolute atomic E-state index is 0.0485. The second-order valence-corrected chi connectivity index (χ2v) is 5.08. The van der Waals surface area contributed by atoms with Gasteiger partial charge in [-0.3, -0.25) is 4.79 Å². The maximum atomic E-state index is 12.6. The first-order valence-electron chi connectivity index (χ1n) is 7.35. The molecule has 0 amide bonds. The lowest BCUT2D eigenvalue weighted by molar-refractivity contribution is -0.138. The zero-order chi connectivity index (χ0) is 16.7. The van der Waals surface area contributed by atoms with Gasteiger partial charge in [0, 0.05) is 28.9 Å². The van der Waals surface area contributed by atoms with Crippen LogP contribution in [0.2, 0.25) is 0 Å². The minimum atomic E-state index is -0.416. The van der Waals surface area contributed by atoms with Crippen molar-refractivity contribution < 1.29 is 14.3 Å². The van der Waals surface area contributed by atoms with Crippen LogP contribution < -0.4 is 5.32 Å². The summed E-state index contributed by atoms with van der Waals surface area (Å²) in [5, 5.41) is 3.13.